The second kappa shape index (κ2) is 6.38. The molecule has 1 aliphatic carbocycles. The molecular formula is C13H19N3O3. The number of hydrogen-bond donors (Lipinski definition) is 3. The molecular weight excluding hydrogens is 246 g/mol. The molecule has 0 saturated heterocycles. The van der Waals surface area contributed by atoms with E-state index >= 15 is 0 Å². The van der Waals surface area contributed by atoms with Gasteiger partial charge in [0.2, 0.25) is 0 Å². The molecule has 1 aliphatic rings. The minimum Gasteiger partial charge on any atom is -0.395 e. The molecule has 1 fully saturated rings. The molecule has 0 spiro atoms. The van der Waals surface area contributed by atoms with Gasteiger partial charge in [-0.1, -0.05) is 6.42 Å². The lowest BCUT2D eigenvalue weighted by molar-refractivity contribution is -0.384. The first-order valence-electron chi connectivity index (χ1n) is 6.57. The third-order valence-electron chi connectivity index (χ3n) is 3.45. The van der Waals surface area contributed by atoms with Gasteiger partial charge >= 0.3 is 0 Å². The third kappa shape index (κ3) is 3.57. The average Bonchev–Trinajstić information content (AvgIpc) is 2.35. The Hall–Kier alpha value is -1.82. The van der Waals surface area contributed by atoms with Crippen molar-refractivity contribution in [1.82, 2.24) is 0 Å². The van der Waals surface area contributed by atoms with Crippen LogP contribution in [0.25, 0.3) is 0 Å². The molecule has 19 heavy (non-hydrogen) atoms. The van der Waals surface area contributed by atoms with E-state index in [2.05, 4.69) is 10.6 Å². The van der Waals surface area contributed by atoms with Crippen LogP contribution in [-0.2, 0) is 0 Å². The molecule has 0 aliphatic heterocycles. The Kier molecular flexibility index (Phi) is 4.57. The maximum atomic E-state index is 10.8. The molecule has 0 atom stereocenters. The predicted octanol–water partition coefficient (Wildman–Crippen LogP) is 2.21. The highest BCUT2D eigenvalue weighted by molar-refractivity contribution is 5.72. The summed E-state index contributed by atoms with van der Waals surface area (Å²) in [6.45, 7) is 1.30. The van der Waals surface area contributed by atoms with Crippen LogP contribution in [0.2, 0.25) is 0 Å². The quantitative estimate of drug-likeness (QED) is 0.519. The van der Waals surface area contributed by atoms with Crippen LogP contribution in [0.15, 0.2) is 18.2 Å². The SMILES string of the molecule is O=[N+]([O-])c1ccc(NCCO)c(NCC2CCC2)c1. The number of non-ortho nitro benzene ring substituents is 1. The zero-order valence-electron chi connectivity index (χ0n) is 10.8. The minimum atomic E-state index is -0.398. The number of nitrogens with zero attached hydrogens (tertiary/aromatic N) is 1. The molecule has 0 bridgehead atoms. The first-order valence-corrected chi connectivity index (χ1v) is 6.57. The summed E-state index contributed by atoms with van der Waals surface area (Å²) in [6, 6.07) is 4.68. The van der Waals surface area contributed by atoms with Crippen molar-refractivity contribution in [1.29, 1.82) is 0 Å². The number of anilines is 2. The molecule has 6 heteroatoms. The van der Waals surface area contributed by atoms with Crippen LogP contribution in [0.4, 0.5) is 17.1 Å². The van der Waals surface area contributed by atoms with E-state index < -0.39 is 4.92 Å². The van der Waals surface area contributed by atoms with Crippen LogP contribution in [0.3, 0.4) is 0 Å². The Morgan fingerprint density at radius 2 is 2.11 bits per heavy atom. The molecule has 104 valence electrons. The average molecular weight is 265 g/mol. The number of rotatable bonds is 7. The number of nitro groups is 1. The highest BCUT2D eigenvalue weighted by Crippen LogP contribution is 2.30. The van der Waals surface area contributed by atoms with Crippen molar-refractivity contribution in [3.63, 3.8) is 0 Å². The summed E-state index contributed by atoms with van der Waals surface area (Å²) >= 11 is 0. The molecule has 0 radical (unpaired) electrons. The van der Waals surface area contributed by atoms with Crippen molar-refractivity contribution >= 4 is 17.1 Å². The van der Waals surface area contributed by atoms with Gasteiger partial charge in [-0.2, -0.15) is 0 Å². The zero-order valence-corrected chi connectivity index (χ0v) is 10.8. The largest absolute Gasteiger partial charge is 0.395 e. The van der Waals surface area contributed by atoms with Gasteiger partial charge in [-0.05, 0) is 24.8 Å². The van der Waals surface area contributed by atoms with E-state index in [-0.39, 0.29) is 12.3 Å². The van der Waals surface area contributed by atoms with E-state index in [9.17, 15) is 10.1 Å². The number of aliphatic hydroxyl groups excluding tert-OH is 1. The van der Waals surface area contributed by atoms with Gasteiger partial charge in [0.25, 0.3) is 5.69 Å². The van der Waals surface area contributed by atoms with Crippen LogP contribution >= 0.6 is 0 Å². The fourth-order valence-corrected chi connectivity index (χ4v) is 2.09. The lowest BCUT2D eigenvalue weighted by Gasteiger charge is -2.26. The number of nitro benzene ring substituents is 1. The smallest absolute Gasteiger partial charge is 0.271 e. The van der Waals surface area contributed by atoms with Crippen molar-refractivity contribution in [3.05, 3.63) is 28.3 Å². The molecule has 0 heterocycles. The van der Waals surface area contributed by atoms with E-state index in [0.717, 1.165) is 17.9 Å². The number of nitrogens with one attached hydrogen (secondary N) is 2. The molecule has 1 aromatic carbocycles. The summed E-state index contributed by atoms with van der Waals surface area (Å²) in [4.78, 5) is 10.4. The van der Waals surface area contributed by atoms with Crippen molar-refractivity contribution in [2.45, 2.75) is 19.3 Å². The topological polar surface area (TPSA) is 87.4 Å². The molecule has 0 unspecified atom stereocenters. The van der Waals surface area contributed by atoms with E-state index in [0.29, 0.717) is 12.5 Å². The van der Waals surface area contributed by atoms with Gasteiger partial charge in [0.15, 0.2) is 0 Å². The first kappa shape index (κ1) is 13.6. The van der Waals surface area contributed by atoms with Gasteiger partial charge in [0, 0.05) is 25.2 Å². The van der Waals surface area contributed by atoms with Gasteiger partial charge in [-0.3, -0.25) is 10.1 Å². The fourth-order valence-electron chi connectivity index (χ4n) is 2.09. The fraction of sp³-hybridized carbons (Fsp3) is 0.538. The van der Waals surface area contributed by atoms with Crippen molar-refractivity contribution in [2.24, 2.45) is 5.92 Å². The Morgan fingerprint density at radius 3 is 2.68 bits per heavy atom. The molecule has 1 saturated carbocycles. The summed E-state index contributed by atoms with van der Waals surface area (Å²) in [5.41, 5.74) is 1.60. The molecule has 0 aromatic heterocycles. The number of benzene rings is 1. The maximum absolute atomic E-state index is 10.8. The molecule has 2 rings (SSSR count). The van der Waals surface area contributed by atoms with Gasteiger partial charge in [0.05, 0.1) is 22.9 Å². The molecule has 3 N–H and O–H groups in total. The van der Waals surface area contributed by atoms with Crippen molar-refractivity contribution < 1.29 is 10.0 Å². The predicted molar refractivity (Wildman–Crippen MR) is 74.5 cm³/mol. The maximum Gasteiger partial charge on any atom is 0.271 e. The molecule has 0 amide bonds. The van der Waals surface area contributed by atoms with Crippen LogP contribution in [0, 0.1) is 16.0 Å². The van der Waals surface area contributed by atoms with Gasteiger partial charge in [0.1, 0.15) is 0 Å². The Bertz CT molecular complexity index is 447. The number of hydrogen-bond acceptors (Lipinski definition) is 5. The number of aliphatic hydroxyl groups is 1. The van der Waals surface area contributed by atoms with Crippen LogP contribution in [0.5, 0.6) is 0 Å². The Labute approximate surface area is 112 Å². The van der Waals surface area contributed by atoms with Gasteiger partial charge < -0.3 is 15.7 Å². The first-order chi connectivity index (χ1) is 9.20. The normalized spacial score (nSPS) is 14.8. The second-order valence-electron chi connectivity index (χ2n) is 4.82. The minimum absolute atomic E-state index is 0.0268. The van der Waals surface area contributed by atoms with Crippen LogP contribution < -0.4 is 10.6 Å². The second-order valence-corrected chi connectivity index (χ2v) is 4.82. The lowest BCUT2D eigenvalue weighted by atomic mass is 9.85. The van der Waals surface area contributed by atoms with E-state index in [1.165, 1.54) is 25.3 Å². The monoisotopic (exact) mass is 265 g/mol. The van der Waals surface area contributed by atoms with Crippen molar-refractivity contribution in [2.75, 3.05) is 30.3 Å². The highest BCUT2D eigenvalue weighted by atomic mass is 16.6. The summed E-state index contributed by atoms with van der Waals surface area (Å²) in [6.07, 6.45) is 3.72. The summed E-state index contributed by atoms with van der Waals surface area (Å²) in [5, 5.41) is 26.0. The lowest BCUT2D eigenvalue weighted by Crippen LogP contribution is -2.21. The Morgan fingerprint density at radius 1 is 1.32 bits per heavy atom. The van der Waals surface area contributed by atoms with Crippen LogP contribution in [-0.4, -0.2) is 29.7 Å². The van der Waals surface area contributed by atoms with Crippen molar-refractivity contribution in [3.8, 4) is 0 Å². The zero-order chi connectivity index (χ0) is 13.7. The summed E-state index contributed by atoms with van der Waals surface area (Å²) in [5.74, 6) is 0.671. The summed E-state index contributed by atoms with van der Waals surface area (Å²) in [7, 11) is 0. The molecule has 1 aromatic rings. The van der Waals surface area contributed by atoms with E-state index in [4.69, 9.17) is 5.11 Å². The third-order valence-corrected chi connectivity index (χ3v) is 3.45. The van der Waals surface area contributed by atoms with E-state index in [1.54, 1.807) is 12.1 Å². The van der Waals surface area contributed by atoms with Crippen LogP contribution in [0.1, 0.15) is 19.3 Å². The summed E-state index contributed by atoms with van der Waals surface area (Å²) < 4.78 is 0. The van der Waals surface area contributed by atoms with Gasteiger partial charge in [-0.25, -0.2) is 0 Å². The Balaban J connectivity index is 2.08. The van der Waals surface area contributed by atoms with Gasteiger partial charge in [-0.15, -0.1) is 0 Å². The molecule has 6 nitrogen and oxygen atoms in total. The highest BCUT2D eigenvalue weighted by Gasteiger charge is 2.18. The van der Waals surface area contributed by atoms with E-state index in [1.807, 2.05) is 0 Å². The standard InChI is InChI=1S/C13H19N3O3/c17-7-6-14-12-5-4-11(16(18)19)8-13(12)15-9-10-2-1-3-10/h4-5,8,10,14-15,17H,1-3,6-7,9H2.